The van der Waals surface area contributed by atoms with Gasteiger partial charge in [-0.1, -0.05) is 29.8 Å². The molecular formula is C23H21ClN2O4. The molecule has 1 saturated heterocycles. The molecule has 0 saturated carbocycles. The minimum atomic E-state index is -0.200. The summed E-state index contributed by atoms with van der Waals surface area (Å²) in [5.41, 5.74) is 0.519. The third-order valence-electron chi connectivity index (χ3n) is 5.06. The summed E-state index contributed by atoms with van der Waals surface area (Å²) in [6.07, 6.45) is 2.63. The molecule has 6 nitrogen and oxygen atoms in total. The number of piperidine rings is 1. The Bertz CT molecular complexity index is 1010. The molecule has 4 rings (SSSR count). The molecule has 1 aliphatic heterocycles. The van der Waals surface area contributed by atoms with Crippen LogP contribution in [-0.4, -0.2) is 29.8 Å². The quantitative estimate of drug-likeness (QED) is 0.609. The Hall–Kier alpha value is -3.25. The molecule has 1 fully saturated rings. The molecule has 3 aromatic rings. The highest BCUT2D eigenvalue weighted by molar-refractivity contribution is 6.31. The van der Waals surface area contributed by atoms with E-state index in [9.17, 15) is 9.59 Å². The minimum Gasteiger partial charge on any atom is -0.459 e. The van der Waals surface area contributed by atoms with Gasteiger partial charge in [0.1, 0.15) is 5.75 Å². The number of nitrogens with one attached hydrogen (secondary N) is 1. The van der Waals surface area contributed by atoms with Crippen LogP contribution in [-0.2, 0) is 4.79 Å². The van der Waals surface area contributed by atoms with Gasteiger partial charge >= 0.3 is 0 Å². The lowest BCUT2D eigenvalue weighted by Gasteiger charge is -2.30. The van der Waals surface area contributed by atoms with Crippen molar-refractivity contribution in [3.8, 4) is 11.5 Å². The van der Waals surface area contributed by atoms with E-state index in [1.165, 1.54) is 6.26 Å². The molecule has 0 unspecified atom stereocenters. The standard InChI is InChI=1S/C23H21ClN2O4/c24-17-8-9-20(30-18-5-2-1-3-6-18)19(15-17)25-22(27)16-10-12-26(13-11-16)23(28)21-7-4-14-29-21/h1-9,14-16H,10-13H2,(H,25,27). The van der Waals surface area contributed by atoms with Crippen LogP contribution in [0.4, 0.5) is 5.69 Å². The second kappa shape index (κ2) is 9.05. The van der Waals surface area contributed by atoms with Crippen molar-refractivity contribution in [3.05, 3.63) is 77.7 Å². The van der Waals surface area contributed by atoms with Gasteiger partial charge in [-0.3, -0.25) is 9.59 Å². The van der Waals surface area contributed by atoms with Gasteiger partial charge in [-0.2, -0.15) is 0 Å². The SMILES string of the molecule is O=C(Nc1cc(Cl)ccc1Oc1ccccc1)C1CCN(C(=O)c2ccco2)CC1. The van der Waals surface area contributed by atoms with Gasteiger partial charge in [0.05, 0.1) is 12.0 Å². The third kappa shape index (κ3) is 4.66. The number of hydrogen-bond acceptors (Lipinski definition) is 4. The minimum absolute atomic E-state index is 0.111. The maximum atomic E-state index is 12.9. The van der Waals surface area contributed by atoms with Crippen LogP contribution in [0.3, 0.4) is 0 Å². The molecule has 30 heavy (non-hydrogen) atoms. The number of hydrogen-bond donors (Lipinski definition) is 1. The number of amides is 2. The van der Waals surface area contributed by atoms with Gasteiger partial charge in [0, 0.05) is 24.0 Å². The number of carbonyl (C=O) groups is 2. The fourth-order valence-corrected chi connectivity index (χ4v) is 3.61. The first-order valence-electron chi connectivity index (χ1n) is 9.76. The largest absolute Gasteiger partial charge is 0.459 e. The van der Waals surface area contributed by atoms with E-state index in [1.54, 1.807) is 35.2 Å². The molecule has 2 heterocycles. The zero-order valence-electron chi connectivity index (χ0n) is 16.2. The summed E-state index contributed by atoms with van der Waals surface area (Å²) >= 11 is 6.13. The number of nitrogens with zero attached hydrogens (tertiary/aromatic N) is 1. The lowest BCUT2D eigenvalue weighted by Crippen LogP contribution is -2.41. The number of likely N-dealkylation sites (tertiary alicyclic amines) is 1. The Balaban J connectivity index is 1.39. The average Bonchev–Trinajstić information content (AvgIpc) is 3.31. The normalized spacial score (nSPS) is 14.4. The molecule has 0 radical (unpaired) electrons. The molecule has 0 bridgehead atoms. The second-order valence-electron chi connectivity index (χ2n) is 7.09. The molecule has 7 heteroatoms. The van der Waals surface area contributed by atoms with Gasteiger partial charge in [0.25, 0.3) is 5.91 Å². The van der Waals surface area contributed by atoms with E-state index in [0.717, 1.165) is 0 Å². The van der Waals surface area contributed by atoms with Crippen molar-refractivity contribution in [3.63, 3.8) is 0 Å². The first-order chi connectivity index (χ1) is 14.6. The van der Waals surface area contributed by atoms with Crippen LogP contribution >= 0.6 is 11.6 Å². The Morgan fingerprint density at radius 1 is 1.03 bits per heavy atom. The highest BCUT2D eigenvalue weighted by Gasteiger charge is 2.29. The second-order valence-corrected chi connectivity index (χ2v) is 7.53. The van der Waals surface area contributed by atoms with Crippen molar-refractivity contribution in [1.82, 2.24) is 4.90 Å². The topological polar surface area (TPSA) is 71.8 Å². The van der Waals surface area contributed by atoms with E-state index in [4.69, 9.17) is 20.8 Å². The molecule has 0 spiro atoms. The van der Waals surface area contributed by atoms with Gasteiger partial charge in [-0.15, -0.1) is 0 Å². The molecule has 0 aliphatic carbocycles. The monoisotopic (exact) mass is 424 g/mol. The zero-order valence-corrected chi connectivity index (χ0v) is 17.0. The predicted molar refractivity (Wildman–Crippen MR) is 114 cm³/mol. The summed E-state index contributed by atoms with van der Waals surface area (Å²) in [6.45, 7) is 1.00. The van der Waals surface area contributed by atoms with Crippen molar-refractivity contribution >= 4 is 29.1 Å². The summed E-state index contributed by atoms with van der Waals surface area (Å²) in [7, 11) is 0. The Morgan fingerprint density at radius 3 is 2.50 bits per heavy atom. The predicted octanol–water partition coefficient (Wildman–Crippen LogP) is 5.22. The maximum absolute atomic E-state index is 12.9. The van der Waals surface area contributed by atoms with Crippen LogP contribution in [0.2, 0.25) is 5.02 Å². The van der Waals surface area contributed by atoms with Crippen LogP contribution in [0.15, 0.2) is 71.3 Å². The number of rotatable bonds is 5. The number of furan rings is 1. The maximum Gasteiger partial charge on any atom is 0.289 e. The van der Waals surface area contributed by atoms with E-state index in [-0.39, 0.29) is 17.7 Å². The fourth-order valence-electron chi connectivity index (χ4n) is 3.44. The van der Waals surface area contributed by atoms with Crippen LogP contribution in [0, 0.1) is 5.92 Å². The summed E-state index contributed by atoms with van der Waals surface area (Å²) in [5.74, 6) is 1.05. The smallest absolute Gasteiger partial charge is 0.289 e. The number of anilines is 1. The van der Waals surface area contributed by atoms with Gasteiger partial charge in [0.15, 0.2) is 11.5 Å². The highest BCUT2D eigenvalue weighted by Crippen LogP contribution is 2.33. The Labute approximate surface area is 179 Å². The lowest BCUT2D eigenvalue weighted by atomic mass is 9.95. The number of halogens is 1. The van der Waals surface area contributed by atoms with Crippen LogP contribution in [0.1, 0.15) is 23.4 Å². The molecule has 2 amide bonds. The van der Waals surface area contributed by atoms with E-state index in [0.29, 0.717) is 53.9 Å². The third-order valence-corrected chi connectivity index (χ3v) is 5.29. The lowest BCUT2D eigenvalue weighted by molar-refractivity contribution is -0.121. The van der Waals surface area contributed by atoms with Crippen molar-refractivity contribution in [2.24, 2.45) is 5.92 Å². The number of carbonyl (C=O) groups excluding carboxylic acids is 2. The van der Waals surface area contributed by atoms with Crippen LogP contribution in [0.25, 0.3) is 0 Å². The highest BCUT2D eigenvalue weighted by atomic mass is 35.5. The zero-order chi connectivity index (χ0) is 20.9. The van der Waals surface area contributed by atoms with Gasteiger partial charge in [-0.25, -0.2) is 0 Å². The van der Waals surface area contributed by atoms with Gasteiger partial charge in [0.2, 0.25) is 5.91 Å². The van der Waals surface area contributed by atoms with Crippen molar-refractivity contribution in [2.75, 3.05) is 18.4 Å². The molecule has 1 N–H and O–H groups in total. The summed E-state index contributed by atoms with van der Waals surface area (Å²) in [5, 5.41) is 3.45. The summed E-state index contributed by atoms with van der Waals surface area (Å²) in [6, 6.07) is 17.8. The average molecular weight is 425 g/mol. The number of para-hydroxylation sites is 1. The molecule has 0 atom stereocenters. The number of ether oxygens (including phenoxy) is 1. The molecule has 1 aromatic heterocycles. The summed E-state index contributed by atoms with van der Waals surface area (Å²) in [4.78, 5) is 27.0. The first-order valence-corrected chi connectivity index (χ1v) is 10.1. The fraction of sp³-hybridized carbons (Fsp3) is 0.217. The molecule has 2 aromatic carbocycles. The van der Waals surface area contributed by atoms with E-state index >= 15 is 0 Å². The summed E-state index contributed by atoms with van der Waals surface area (Å²) < 4.78 is 11.1. The molecular weight excluding hydrogens is 404 g/mol. The van der Waals surface area contributed by atoms with Gasteiger partial charge < -0.3 is 19.4 Å². The van der Waals surface area contributed by atoms with E-state index in [2.05, 4.69) is 5.32 Å². The van der Waals surface area contributed by atoms with Crippen molar-refractivity contribution in [2.45, 2.75) is 12.8 Å². The van der Waals surface area contributed by atoms with E-state index < -0.39 is 0 Å². The van der Waals surface area contributed by atoms with Crippen LogP contribution < -0.4 is 10.1 Å². The molecule has 1 aliphatic rings. The van der Waals surface area contributed by atoms with Crippen LogP contribution in [0.5, 0.6) is 11.5 Å². The van der Waals surface area contributed by atoms with E-state index in [1.807, 2.05) is 30.3 Å². The Morgan fingerprint density at radius 2 is 1.80 bits per heavy atom. The Kier molecular flexibility index (Phi) is 6.05. The van der Waals surface area contributed by atoms with Crippen molar-refractivity contribution < 1.29 is 18.7 Å². The first kappa shape index (κ1) is 20.0. The molecule has 154 valence electrons. The number of benzene rings is 2. The van der Waals surface area contributed by atoms with Crippen molar-refractivity contribution in [1.29, 1.82) is 0 Å². The van der Waals surface area contributed by atoms with Gasteiger partial charge in [-0.05, 0) is 55.3 Å².